The second kappa shape index (κ2) is 9.00. The van der Waals surface area contributed by atoms with Crippen molar-refractivity contribution in [2.24, 2.45) is 0 Å². The second-order valence-corrected chi connectivity index (χ2v) is 8.64. The zero-order valence-electron chi connectivity index (χ0n) is 17.0. The maximum atomic E-state index is 13.0. The highest BCUT2D eigenvalue weighted by Crippen LogP contribution is 2.30. The van der Waals surface area contributed by atoms with E-state index in [2.05, 4.69) is 0 Å². The van der Waals surface area contributed by atoms with Crippen LogP contribution in [0.3, 0.4) is 0 Å². The number of aryl methyl sites for hydroxylation is 1. The fraction of sp³-hybridized carbons (Fsp3) is 0.174. The summed E-state index contributed by atoms with van der Waals surface area (Å²) in [7, 11) is -0.888. The van der Waals surface area contributed by atoms with Gasteiger partial charge in [0.15, 0.2) is 0 Å². The lowest BCUT2D eigenvalue weighted by molar-refractivity contribution is 0.0472. The van der Waals surface area contributed by atoms with Crippen molar-refractivity contribution in [1.82, 2.24) is 0 Å². The molecule has 0 heterocycles. The fourth-order valence-electron chi connectivity index (χ4n) is 2.94. The highest BCUT2D eigenvalue weighted by molar-refractivity contribution is 7.92. The molecule has 0 bridgehead atoms. The van der Waals surface area contributed by atoms with Crippen molar-refractivity contribution >= 4 is 21.7 Å². The van der Waals surface area contributed by atoms with Crippen molar-refractivity contribution in [3.05, 3.63) is 89.5 Å². The Labute approximate surface area is 176 Å². The summed E-state index contributed by atoms with van der Waals surface area (Å²) in [6.45, 7) is 2.10. The Balaban J connectivity index is 1.75. The molecule has 3 aromatic rings. The van der Waals surface area contributed by atoms with Crippen LogP contribution in [-0.4, -0.2) is 28.5 Å². The first kappa shape index (κ1) is 21.4. The van der Waals surface area contributed by atoms with Crippen LogP contribution in [0.1, 0.15) is 21.5 Å². The Morgan fingerprint density at radius 3 is 2.23 bits per heavy atom. The molecule has 0 fully saturated rings. The van der Waals surface area contributed by atoms with Crippen LogP contribution in [0.4, 0.5) is 5.69 Å². The summed E-state index contributed by atoms with van der Waals surface area (Å²) in [6.07, 6.45) is 0. The number of para-hydroxylation sites is 2. The number of benzene rings is 3. The molecule has 0 aliphatic carbocycles. The van der Waals surface area contributed by atoms with Gasteiger partial charge in [0.1, 0.15) is 12.4 Å². The standard InChI is InChI=1S/C23H23NO5S/c1-17-8-4-5-9-19(17)16-29-23(25)18-12-14-20(15-13-18)30(26,27)24(2)21-10-6-7-11-22(21)28-3/h4-15H,16H2,1-3H3. The Morgan fingerprint density at radius 2 is 1.57 bits per heavy atom. The molecule has 6 nitrogen and oxygen atoms in total. The van der Waals surface area contributed by atoms with Gasteiger partial charge in [0, 0.05) is 7.05 Å². The van der Waals surface area contributed by atoms with Gasteiger partial charge in [0.25, 0.3) is 10.0 Å². The Hall–Kier alpha value is -3.32. The number of hydrogen-bond acceptors (Lipinski definition) is 5. The van der Waals surface area contributed by atoms with Crippen LogP contribution in [0.5, 0.6) is 5.75 Å². The van der Waals surface area contributed by atoms with Crippen molar-refractivity contribution in [2.45, 2.75) is 18.4 Å². The lowest BCUT2D eigenvalue weighted by Crippen LogP contribution is -2.27. The third kappa shape index (κ3) is 4.46. The normalized spacial score (nSPS) is 11.0. The van der Waals surface area contributed by atoms with Crippen LogP contribution in [0, 0.1) is 6.92 Å². The van der Waals surface area contributed by atoms with E-state index in [9.17, 15) is 13.2 Å². The van der Waals surface area contributed by atoms with E-state index in [0.29, 0.717) is 11.4 Å². The minimum absolute atomic E-state index is 0.0614. The van der Waals surface area contributed by atoms with Crippen LogP contribution in [-0.2, 0) is 21.4 Å². The molecule has 0 aromatic heterocycles. The number of anilines is 1. The van der Waals surface area contributed by atoms with E-state index in [0.717, 1.165) is 15.4 Å². The maximum absolute atomic E-state index is 13.0. The van der Waals surface area contributed by atoms with Crippen molar-refractivity contribution in [3.8, 4) is 5.75 Å². The zero-order chi connectivity index (χ0) is 21.7. The average Bonchev–Trinajstić information content (AvgIpc) is 2.77. The third-order valence-corrected chi connectivity index (χ3v) is 6.58. The van der Waals surface area contributed by atoms with Gasteiger partial charge in [-0.2, -0.15) is 0 Å². The Bertz CT molecular complexity index is 1140. The van der Waals surface area contributed by atoms with E-state index in [1.54, 1.807) is 24.3 Å². The van der Waals surface area contributed by atoms with E-state index in [1.165, 1.54) is 38.4 Å². The van der Waals surface area contributed by atoms with Crippen molar-refractivity contribution < 1.29 is 22.7 Å². The van der Waals surface area contributed by atoms with E-state index in [1.807, 2.05) is 31.2 Å². The molecular weight excluding hydrogens is 402 g/mol. The number of rotatable bonds is 7. The molecule has 0 unspecified atom stereocenters. The number of methoxy groups -OCH3 is 1. The molecule has 3 aromatic carbocycles. The maximum Gasteiger partial charge on any atom is 0.338 e. The van der Waals surface area contributed by atoms with Crippen molar-refractivity contribution in [2.75, 3.05) is 18.5 Å². The van der Waals surface area contributed by atoms with Gasteiger partial charge in [-0.3, -0.25) is 4.31 Å². The molecular formula is C23H23NO5S. The van der Waals surface area contributed by atoms with Gasteiger partial charge in [0.05, 0.1) is 23.3 Å². The van der Waals surface area contributed by atoms with Gasteiger partial charge >= 0.3 is 5.97 Å². The minimum Gasteiger partial charge on any atom is -0.495 e. The molecule has 0 radical (unpaired) electrons. The monoisotopic (exact) mass is 425 g/mol. The first-order chi connectivity index (χ1) is 14.3. The van der Waals surface area contributed by atoms with Crippen LogP contribution < -0.4 is 9.04 Å². The molecule has 0 saturated heterocycles. The van der Waals surface area contributed by atoms with E-state index in [-0.39, 0.29) is 17.1 Å². The van der Waals surface area contributed by atoms with Gasteiger partial charge in [-0.15, -0.1) is 0 Å². The second-order valence-electron chi connectivity index (χ2n) is 6.67. The van der Waals surface area contributed by atoms with Crippen LogP contribution in [0.15, 0.2) is 77.7 Å². The summed E-state index contributed by atoms with van der Waals surface area (Å²) in [4.78, 5) is 12.4. The number of ether oxygens (including phenoxy) is 2. The molecule has 30 heavy (non-hydrogen) atoms. The predicted octanol–water partition coefficient (Wildman–Crippen LogP) is 4.19. The number of esters is 1. The van der Waals surface area contributed by atoms with Gasteiger partial charge in [-0.25, -0.2) is 13.2 Å². The van der Waals surface area contributed by atoms with Gasteiger partial charge in [0.2, 0.25) is 0 Å². The molecule has 0 aliphatic rings. The number of sulfonamides is 1. The van der Waals surface area contributed by atoms with Crippen molar-refractivity contribution in [1.29, 1.82) is 0 Å². The highest BCUT2D eigenvalue weighted by atomic mass is 32.2. The van der Waals surface area contributed by atoms with Crippen LogP contribution in [0.25, 0.3) is 0 Å². The minimum atomic E-state index is -3.83. The van der Waals surface area contributed by atoms with Gasteiger partial charge in [-0.1, -0.05) is 36.4 Å². The SMILES string of the molecule is COc1ccccc1N(C)S(=O)(=O)c1ccc(C(=O)OCc2ccccc2C)cc1. The molecule has 0 spiro atoms. The van der Waals surface area contributed by atoms with E-state index >= 15 is 0 Å². The van der Waals surface area contributed by atoms with E-state index < -0.39 is 16.0 Å². The highest BCUT2D eigenvalue weighted by Gasteiger charge is 2.24. The fourth-order valence-corrected chi connectivity index (χ4v) is 4.15. The summed E-state index contributed by atoms with van der Waals surface area (Å²) >= 11 is 0. The molecule has 3 rings (SSSR count). The molecule has 0 aliphatic heterocycles. The lowest BCUT2D eigenvalue weighted by Gasteiger charge is -2.21. The first-order valence-electron chi connectivity index (χ1n) is 9.28. The topological polar surface area (TPSA) is 72.9 Å². The smallest absolute Gasteiger partial charge is 0.338 e. The summed E-state index contributed by atoms with van der Waals surface area (Å²) < 4.78 is 37.7. The summed E-state index contributed by atoms with van der Waals surface area (Å²) in [5.41, 5.74) is 2.65. The molecule has 0 amide bonds. The first-order valence-corrected chi connectivity index (χ1v) is 10.7. The summed E-state index contributed by atoms with van der Waals surface area (Å²) in [5, 5.41) is 0. The van der Waals surface area contributed by atoms with Gasteiger partial charge in [-0.05, 0) is 54.4 Å². The molecule has 0 atom stereocenters. The molecule has 7 heteroatoms. The number of carbonyl (C=O) groups excluding carboxylic acids is 1. The average molecular weight is 426 g/mol. The third-order valence-electron chi connectivity index (χ3n) is 4.79. The van der Waals surface area contributed by atoms with Crippen LogP contribution in [0.2, 0.25) is 0 Å². The summed E-state index contributed by atoms with van der Waals surface area (Å²) in [5.74, 6) is -0.0692. The molecule has 0 saturated carbocycles. The largest absolute Gasteiger partial charge is 0.495 e. The van der Waals surface area contributed by atoms with Crippen LogP contribution >= 0.6 is 0 Å². The number of carbonyl (C=O) groups is 1. The quantitative estimate of drug-likeness (QED) is 0.531. The molecule has 156 valence electrons. The predicted molar refractivity (Wildman–Crippen MR) is 115 cm³/mol. The summed E-state index contributed by atoms with van der Waals surface area (Å²) in [6, 6.07) is 20.2. The Kier molecular flexibility index (Phi) is 6.42. The number of hydrogen-bond donors (Lipinski definition) is 0. The van der Waals surface area contributed by atoms with E-state index in [4.69, 9.17) is 9.47 Å². The molecule has 0 N–H and O–H groups in total. The van der Waals surface area contributed by atoms with Gasteiger partial charge < -0.3 is 9.47 Å². The van der Waals surface area contributed by atoms with Crippen molar-refractivity contribution in [3.63, 3.8) is 0 Å². The Morgan fingerprint density at radius 1 is 0.933 bits per heavy atom. The number of nitrogens with zero attached hydrogens (tertiary/aromatic N) is 1. The zero-order valence-corrected chi connectivity index (χ0v) is 17.8. The lowest BCUT2D eigenvalue weighted by atomic mass is 10.1.